The monoisotopic (exact) mass is 285 g/mol. The molecule has 0 fully saturated rings. The molecule has 0 aliphatic carbocycles. The molecule has 0 radical (unpaired) electrons. The first kappa shape index (κ1) is 15.5. The van der Waals surface area contributed by atoms with E-state index in [1.807, 2.05) is 18.2 Å². The van der Waals surface area contributed by atoms with E-state index in [9.17, 15) is 0 Å². The Labute approximate surface area is 126 Å². The van der Waals surface area contributed by atoms with E-state index < -0.39 is 0 Å². The fourth-order valence-electron chi connectivity index (χ4n) is 2.27. The number of methoxy groups -OCH3 is 1. The highest BCUT2D eigenvalue weighted by Crippen LogP contribution is 2.29. The first-order chi connectivity index (χ1) is 10.2. The Balaban J connectivity index is 2.05. The number of ether oxygens (including phenoxy) is 1. The molecule has 2 aromatic rings. The van der Waals surface area contributed by atoms with Crippen molar-refractivity contribution < 1.29 is 9.84 Å². The number of benzene rings is 2. The molecule has 0 saturated carbocycles. The number of hydrogen-bond acceptors (Lipinski definition) is 3. The predicted molar refractivity (Wildman–Crippen MR) is 86.4 cm³/mol. The van der Waals surface area contributed by atoms with Crippen molar-refractivity contribution in [3.05, 3.63) is 54.1 Å². The summed E-state index contributed by atoms with van der Waals surface area (Å²) in [5, 5.41) is 12.3. The average molecular weight is 285 g/mol. The van der Waals surface area contributed by atoms with E-state index in [2.05, 4.69) is 42.6 Å². The highest BCUT2D eigenvalue weighted by molar-refractivity contribution is 5.70. The minimum atomic E-state index is 0.223. The van der Waals surface area contributed by atoms with Gasteiger partial charge in [0.25, 0.3) is 0 Å². The molecule has 0 saturated heterocycles. The molecule has 0 spiro atoms. The molecule has 0 amide bonds. The summed E-state index contributed by atoms with van der Waals surface area (Å²) < 4.78 is 5.40. The van der Waals surface area contributed by atoms with Gasteiger partial charge in [-0.1, -0.05) is 42.5 Å². The number of rotatable bonds is 7. The van der Waals surface area contributed by atoms with Crippen LogP contribution in [0.2, 0.25) is 0 Å². The van der Waals surface area contributed by atoms with Crippen LogP contribution in [0.3, 0.4) is 0 Å². The van der Waals surface area contributed by atoms with Crippen molar-refractivity contribution in [3.63, 3.8) is 0 Å². The Hall–Kier alpha value is -1.84. The molecule has 0 aromatic heterocycles. The van der Waals surface area contributed by atoms with E-state index in [-0.39, 0.29) is 6.61 Å². The molecular formula is C18H23NO2. The van der Waals surface area contributed by atoms with E-state index in [0.29, 0.717) is 6.04 Å². The van der Waals surface area contributed by atoms with Crippen molar-refractivity contribution in [2.45, 2.75) is 25.9 Å². The highest BCUT2D eigenvalue weighted by Gasteiger charge is 2.05. The zero-order chi connectivity index (χ0) is 15.1. The summed E-state index contributed by atoms with van der Waals surface area (Å²) in [6.07, 6.45) is 0.777. The summed E-state index contributed by atoms with van der Waals surface area (Å²) >= 11 is 0. The molecule has 1 atom stereocenters. The van der Waals surface area contributed by atoms with Crippen molar-refractivity contribution in [2.24, 2.45) is 0 Å². The second kappa shape index (κ2) is 7.81. The van der Waals surface area contributed by atoms with Crippen LogP contribution in [0.15, 0.2) is 48.5 Å². The fourth-order valence-corrected chi connectivity index (χ4v) is 2.27. The van der Waals surface area contributed by atoms with Gasteiger partial charge in [-0.05, 0) is 30.5 Å². The number of para-hydroxylation sites is 1. The van der Waals surface area contributed by atoms with Crippen LogP contribution in [-0.4, -0.2) is 24.9 Å². The lowest BCUT2D eigenvalue weighted by Gasteiger charge is -2.13. The summed E-state index contributed by atoms with van der Waals surface area (Å²) in [5.41, 5.74) is 3.49. The number of aliphatic hydroxyl groups is 1. The highest BCUT2D eigenvalue weighted by atomic mass is 16.5. The second-order valence-electron chi connectivity index (χ2n) is 5.19. The van der Waals surface area contributed by atoms with E-state index in [1.54, 1.807) is 7.11 Å². The van der Waals surface area contributed by atoms with Crippen LogP contribution in [0, 0.1) is 0 Å². The van der Waals surface area contributed by atoms with Gasteiger partial charge >= 0.3 is 0 Å². The molecule has 21 heavy (non-hydrogen) atoms. The Morgan fingerprint density at radius 3 is 2.48 bits per heavy atom. The third-order valence-corrected chi connectivity index (χ3v) is 3.59. The van der Waals surface area contributed by atoms with Gasteiger partial charge < -0.3 is 15.2 Å². The maximum absolute atomic E-state index is 8.89. The summed E-state index contributed by atoms with van der Waals surface area (Å²) in [4.78, 5) is 0. The Kier molecular flexibility index (Phi) is 5.78. The zero-order valence-electron chi connectivity index (χ0n) is 12.7. The van der Waals surface area contributed by atoms with Gasteiger partial charge in [0.2, 0.25) is 0 Å². The molecule has 2 aromatic carbocycles. The molecule has 0 heterocycles. The van der Waals surface area contributed by atoms with Crippen molar-refractivity contribution in [2.75, 3.05) is 13.7 Å². The molecule has 0 bridgehead atoms. The molecule has 3 nitrogen and oxygen atoms in total. The van der Waals surface area contributed by atoms with Gasteiger partial charge in [-0.3, -0.25) is 0 Å². The summed E-state index contributed by atoms with van der Waals surface area (Å²) in [6, 6.07) is 16.8. The van der Waals surface area contributed by atoms with Crippen LogP contribution < -0.4 is 10.1 Å². The lowest BCUT2D eigenvalue weighted by atomic mass is 10.0. The third-order valence-electron chi connectivity index (χ3n) is 3.59. The Morgan fingerprint density at radius 1 is 1.10 bits per heavy atom. The smallest absolute Gasteiger partial charge is 0.126 e. The topological polar surface area (TPSA) is 41.5 Å². The van der Waals surface area contributed by atoms with Crippen molar-refractivity contribution in [1.82, 2.24) is 5.32 Å². The largest absolute Gasteiger partial charge is 0.496 e. The number of aliphatic hydroxyl groups excluding tert-OH is 1. The molecule has 3 heteroatoms. The lowest BCUT2D eigenvalue weighted by molar-refractivity contribution is 0.268. The zero-order valence-corrected chi connectivity index (χ0v) is 12.7. The third kappa shape index (κ3) is 4.31. The van der Waals surface area contributed by atoms with Gasteiger partial charge in [0, 0.05) is 24.8 Å². The summed E-state index contributed by atoms with van der Waals surface area (Å²) in [7, 11) is 1.69. The van der Waals surface area contributed by atoms with Gasteiger partial charge in [-0.2, -0.15) is 0 Å². The van der Waals surface area contributed by atoms with Crippen LogP contribution in [0.5, 0.6) is 5.75 Å². The second-order valence-corrected chi connectivity index (χ2v) is 5.19. The molecule has 112 valence electrons. The number of hydrogen-bond donors (Lipinski definition) is 2. The predicted octanol–water partition coefficient (Wildman–Crippen LogP) is 3.22. The van der Waals surface area contributed by atoms with Crippen molar-refractivity contribution >= 4 is 0 Å². The van der Waals surface area contributed by atoms with E-state index >= 15 is 0 Å². The standard InChI is InChI=1S/C18H23NO2/c1-14(11-12-20)19-13-15-7-9-16(10-8-15)17-5-3-4-6-18(17)21-2/h3-10,14,19-20H,11-13H2,1-2H3. The molecule has 2 rings (SSSR count). The van der Waals surface area contributed by atoms with Gasteiger partial charge in [0.05, 0.1) is 7.11 Å². The molecule has 0 aliphatic rings. The van der Waals surface area contributed by atoms with Crippen molar-refractivity contribution in [1.29, 1.82) is 0 Å². The maximum Gasteiger partial charge on any atom is 0.126 e. The first-order valence-corrected chi connectivity index (χ1v) is 7.31. The SMILES string of the molecule is COc1ccccc1-c1ccc(CNC(C)CCO)cc1. The molecule has 1 unspecified atom stereocenters. The van der Waals surface area contributed by atoms with Gasteiger partial charge in [-0.25, -0.2) is 0 Å². The molecular weight excluding hydrogens is 262 g/mol. The number of nitrogens with one attached hydrogen (secondary N) is 1. The van der Waals surface area contributed by atoms with Crippen LogP contribution in [0.25, 0.3) is 11.1 Å². The molecule has 0 aliphatic heterocycles. The fraction of sp³-hybridized carbons (Fsp3) is 0.333. The normalized spacial score (nSPS) is 12.1. The summed E-state index contributed by atoms with van der Waals surface area (Å²) in [6.45, 7) is 3.12. The van der Waals surface area contributed by atoms with Crippen molar-refractivity contribution in [3.8, 4) is 16.9 Å². The van der Waals surface area contributed by atoms with Crippen LogP contribution in [-0.2, 0) is 6.54 Å². The molecule has 2 N–H and O–H groups in total. The van der Waals surface area contributed by atoms with Crippen LogP contribution >= 0.6 is 0 Å². The van der Waals surface area contributed by atoms with Gasteiger partial charge in [0.1, 0.15) is 5.75 Å². The minimum absolute atomic E-state index is 0.223. The van der Waals surface area contributed by atoms with E-state index in [1.165, 1.54) is 5.56 Å². The average Bonchev–Trinajstić information content (AvgIpc) is 2.54. The van der Waals surface area contributed by atoms with Gasteiger partial charge in [0.15, 0.2) is 0 Å². The summed E-state index contributed by atoms with van der Waals surface area (Å²) in [5.74, 6) is 0.889. The van der Waals surface area contributed by atoms with E-state index in [4.69, 9.17) is 9.84 Å². The van der Waals surface area contributed by atoms with Gasteiger partial charge in [-0.15, -0.1) is 0 Å². The van der Waals surface area contributed by atoms with E-state index in [0.717, 1.165) is 29.8 Å². The van der Waals surface area contributed by atoms with Crippen LogP contribution in [0.4, 0.5) is 0 Å². The maximum atomic E-state index is 8.89. The Bertz CT molecular complexity index is 551. The quantitative estimate of drug-likeness (QED) is 0.820. The Morgan fingerprint density at radius 2 is 1.81 bits per heavy atom. The first-order valence-electron chi connectivity index (χ1n) is 7.31. The van der Waals surface area contributed by atoms with Crippen LogP contribution in [0.1, 0.15) is 18.9 Å². The lowest BCUT2D eigenvalue weighted by Crippen LogP contribution is -2.26. The minimum Gasteiger partial charge on any atom is -0.496 e.